The quantitative estimate of drug-likeness (QED) is 0.552. The van der Waals surface area contributed by atoms with Crippen LogP contribution in [-0.4, -0.2) is 9.91 Å². The van der Waals surface area contributed by atoms with Gasteiger partial charge in [0.15, 0.2) is 0 Å². The molecule has 0 aliphatic heterocycles. The Morgan fingerprint density at radius 1 is 1.47 bits per heavy atom. The Labute approximate surface area is 101 Å². The van der Waals surface area contributed by atoms with Crippen molar-refractivity contribution in [2.45, 2.75) is 46.0 Å². The Morgan fingerprint density at radius 3 is 2.76 bits per heavy atom. The van der Waals surface area contributed by atoms with Gasteiger partial charge < -0.3 is 0 Å². The summed E-state index contributed by atoms with van der Waals surface area (Å²) < 4.78 is 0. The van der Waals surface area contributed by atoms with Crippen molar-refractivity contribution in [3.8, 4) is 0 Å². The maximum absolute atomic E-state index is 10.7. The molecule has 0 amide bonds. The molecular weight excluding hydrogens is 216 g/mol. The molecule has 4 nitrogen and oxygen atoms in total. The van der Waals surface area contributed by atoms with Gasteiger partial charge in [-0.05, 0) is 30.2 Å². The van der Waals surface area contributed by atoms with Crippen LogP contribution >= 0.6 is 0 Å². The van der Waals surface area contributed by atoms with E-state index in [1.54, 1.807) is 6.07 Å². The fourth-order valence-corrected chi connectivity index (χ4v) is 2.60. The third-order valence-electron chi connectivity index (χ3n) is 3.51. The van der Waals surface area contributed by atoms with Crippen molar-refractivity contribution in [3.63, 3.8) is 0 Å². The van der Waals surface area contributed by atoms with Gasteiger partial charge in [-0.3, -0.25) is 15.1 Å². The molecule has 0 aromatic carbocycles. The van der Waals surface area contributed by atoms with Gasteiger partial charge in [0.05, 0.1) is 4.92 Å². The molecule has 1 aromatic rings. The standard InChI is InChI=1S/C13H18N2O2/c1-13(2,3)11-6-4-5-9-7-10(15(16)17)8-14-12(9)11/h7-8,11H,4-6H2,1-3H3. The van der Waals surface area contributed by atoms with Crippen molar-refractivity contribution in [1.29, 1.82) is 0 Å². The summed E-state index contributed by atoms with van der Waals surface area (Å²) in [5.74, 6) is 0.409. The van der Waals surface area contributed by atoms with Crippen molar-refractivity contribution in [1.82, 2.24) is 4.98 Å². The van der Waals surface area contributed by atoms with Crippen molar-refractivity contribution >= 4 is 5.69 Å². The fourth-order valence-electron chi connectivity index (χ4n) is 2.60. The van der Waals surface area contributed by atoms with Crippen LogP contribution in [0.3, 0.4) is 0 Å². The molecule has 1 unspecified atom stereocenters. The third-order valence-corrected chi connectivity index (χ3v) is 3.51. The number of hydrogen-bond donors (Lipinski definition) is 0. The second-order valence-corrected chi connectivity index (χ2v) is 5.81. The molecule has 1 aromatic heterocycles. The molecule has 17 heavy (non-hydrogen) atoms. The molecule has 0 N–H and O–H groups in total. The Morgan fingerprint density at radius 2 is 2.18 bits per heavy atom. The number of rotatable bonds is 1. The number of hydrogen-bond acceptors (Lipinski definition) is 3. The number of fused-ring (bicyclic) bond motifs is 1. The number of aromatic nitrogens is 1. The zero-order valence-electron chi connectivity index (χ0n) is 10.6. The molecule has 0 fully saturated rings. The van der Waals surface area contributed by atoms with Crippen molar-refractivity contribution in [2.24, 2.45) is 5.41 Å². The first kappa shape index (κ1) is 12.0. The molecule has 4 heteroatoms. The van der Waals surface area contributed by atoms with E-state index in [1.165, 1.54) is 6.20 Å². The molecule has 1 aliphatic rings. The van der Waals surface area contributed by atoms with Crippen LogP contribution in [0.4, 0.5) is 5.69 Å². The van der Waals surface area contributed by atoms with E-state index in [4.69, 9.17) is 0 Å². The zero-order chi connectivity index (χ0) is 12.6. The summed E-state index contributed by atoms with van der Waals surface area (Å²) in [6.45, 7) is 6.61. The second kappa shape index (κ2) is 4.09. The highest BCUT2D eigenvalue weighted by molar-refractivity contribution is 5.37. The molecule has 0 spiro atoms. The van der Waals surface area contributed by atoms with Gasteiger partial charge >= 0.3 is 0 Å². The van der Waals surface area contributed by atoms with E-state index in [1.807, 2.05) is 0 Å². The summed E-state index contributed by atoms with van der Waals surface area (Å²) in [7, 11) is 0. The first-order chi connectivity index (χ1) is 7.89. The van der Waals surface area contributed by atoms with Gasteiger partial charge in [0.25, 0.3) is 5.69 Å². The van der Waals surface area contributed by atoms with Gasteiger partial charge in [-0.15, -0.1) is 0 Å². The topological polar surface area (TPSA) is 56.0 Å². The minimum absolute atomic E-state index is 0.110. The molecule has 1 aliphatic carbocycles. The summed E-state index contributed by atoms with van der Waals surface area (Å²) in [5, 5.41) is 10.7. The van der Waals surface area contributed by atoms with Crippen LogP contribution in [0, 0.1) is 15.5 Å². The molecule has 92 valence electrons. The zero-order valence-corrected chi connectivity index (χ0v) is 10.6. The van der Waals surface area contributed by atoms with Gasteiger partial charge in [0.2, 0.25) is 0 Å². The van der Waals surface area contributed by atoms with E-state index >= 15 is 0 Å². The van der Waals surface area contributed by atoms with Gasteiger partial charge in [-0.25, -0.2) is 0 Å². The monoisotopic (exact) mass is 234 g/mol. The summed E-state index contributed by atoms with van der Waals surface area (Å²) in [4.78, 5) is 14.7. The molecule has 2 rings (SSSR count). The van der Waals surface area contributed by atoms with Crippen LogP contribution in [0.2, 0.25) is 0 Å². The largest absolute Gasteiger partial charge is 0.287 e. The minimum atomic E-state index is -0.367. The first-order valence-corrected chi connectivity index (χ1v) is 6.03. The molecule has 0 saturated carbocycles. The summed E-state index contributed by atoms with van der Waals surface area (Å²) in [5.41, 5.74) is 2.40. The van der Waals surface area contributed by atoms with Crippen molar-refractivity contribution in [2.75, 3.05) is 0 Å². The number of pyridine rings is 1. The van der Waals surface area contributed by atoms with Crippen LogP contribution in [0.5, 0.6) is 0 Å². The van der Waals surface area contributed by atoms with Gasteiger partial charge in [-0.1, -0.05) is 20.8 Å². The molecule has 0 saturated heterocycles. The lowest BCUT2D eigenvalue weighted by atomic mass is 9.71. The predicted molar refractivity (Wildman–Crippen MR) is 66.0 cm³/mol. The SMILES string of the molecule is CC(C)(C)C1CCCc2cc([N+](=O)[O-])cnc21. The molecular formula is C13H18N2O2. The normalized spacial score (nSPS) is 19.8. The molecule has 1 atom stereocenters. The van der Waals surface area contributed by atoms with Crippen molar-refractivity contribution < 1.29 is 4.92 Å². The number of aryl methyl sites for hydroxylation is 1. The average molecular weight is 234 g/mol. The predicted octanol–water partition coefficient (Wildman–Crippen LogP) is 3.46. The van der Waals surface area contributed by atoms with Crippen molar-refractivity contribution in [3.05, 3.63) is 33.6 Å². The molecule has 0 bridgehead atoms. The lowest BCUT2D eigenvalue weighted by molar-refractivity contribution is -0.385. The van der Waals surface area contributed by atoms with Gasteiger partial charge in [0.1, 0.15) is 6.20 Å². The van der Waals surface area contributed by atoms with E-state index < -0.39 is 0 Å². The minimum Gasteiger partial charge on any atom is -0.258 e. The van der Waals surface area contributed by atoms with E-state index in [-0.39, 0.29) is 16.0 Å². The Balaban J connectivity index is 2.44. The van der Waals surface area contributed by atoms with Crippen LogP contribution < -0.4 is 0 Å². The number of nitrogens with zero attached hydrogens (tertiary/aromatic N) is 2. The van der Waals surface area contributed by atoms with E-state index in [2.05, 4.69) is 25.8 Å². The first-order valence-electron chi connectivity index (χ1n) is 6.03. The highest BCUT2D eigenvalue weighted by atomic mass is 16.6. The fraction of sp³-hybridized carbons (Fsp3) is 0.615. The van der Waals surface area contributed by atoms with Crippen LogP contribution in [-0.2, 0) is 6.42 Å². The summed E-state index contributed by atoms with van der Waals surface area (Å²) >= 11 is 0. The van der Waals surface area contributed by atoms with Gasteiger partial charge in [-0.2, -0.15) is 0 Å². The lowest BCUT2D eigenvalue weighted by Gasteiger charge is -2.34. The smallest absolute Gasteiger partial charge is 0.258 e. The number of nitro groups is 1. The third kappa shape index (κ3) is 2.30. The molecule has 1 heterocycles. The average Bonchev–Trinajstić information content (AvgIpc) is 2.26. The summed E-state index contributed by atoms with van der Waals surface area (Å²) in [6, 6.07) is 1.69. The maximum atomic E-state index is 10.7. The lowest BCUT2D eigenvalue weighted by Crippen LogP contribution is -2.24. The Kier molecular flexibility index (Phi) is 2.89. The summed E-state index contributed by atoms with van der Waals surface area (Å²) in [6.07, 6.45) is 4.53. The van der Waals surface area contributed by atoms with E-state index in [0.717, 1.165) is 30.5 Å². The molecule has 0 radical (unpaired) electrons. The Hall–Kier alpha value is -1.45. The van der Waals surface area contributed by atoms with Crippen LogP contribution in [0.25, 0.3) is 0 Å². The maximum Gasteiger partial charge on any atom is 0.287 e. The van der Waals surface area contributed by atoms with E-state index in [9.17, 15) is 10.1 Å². The Bertz CT molecular complexity index is 449. The highest BCUT2D eigenvalue weighted by Gasteiger charge is 2.32. The van der Waals surface area contributed by atoms with Crippen LogP contribution in [0.1, 0.15) is 50.8 Å². The van der Waals surface area contributed by atoms with Gasteiger partial charge in [0, 0.05) is 17.7 Å². The van der Waals surface area contributed by atoms with Crippen LogP contribution in [0.15, 0.2) is 12.3 Å². The highest BCUT2D eigenvalue weighted by Crippen LogP contribution is 2.42. The second-order valence-electron chi connectivity index (χ2n) is 5.81. The van der Waals surface area contributed by atoms with E-state index in [0.29, 0.717) is 5.92 Å².